The van der Waals surface area contributed by atoms with Crippen molar-refractivity contribution in [1.29, 1.82) is 0 Å². The largest absolute Gasteiger partial charge is 0.494 e. The maximum absolute atomic E-state index is 14.5. The Labute approximate surface area is 211 Å². The minimum Gasteiger partial charge on any atom is -0.494 e. The van der Waals surface area contributed by atoms with Crippen LogP contribution >= 0.6 is 0 Å². The number of methoxy groups -OCH3 is 1. The van der Waals surface area contributed by atoms with Gasteiger partial charge in [0.25, 0.3) is 0 Å². The van der Waals surface area contributed by atoms with Crippen LogP contribution < -0.4 is 19.3 Å². The van der Waals surface area contributed by atoms with Gasteiger partial charge in [0.2, 0.25) is 5.88 Å². The molecule has 1 aromatic heterocycles. The molecule has 1 aromatic carbocycles. The van der Waals surface area contributed by atoms with Gasteiger partial charge in [0.05, 0.1) is 37.2 Å². The van der Waals surface area contributed by atoms with E-state index in [1.165, 1.54) is 6.07 Å². The highest BCUT2D eigenvalue weighted by atomic mass is 19.1. The predicted molar refractivity (Wildman–Crippen MR) is 133 cm³/mol. The summed E-state index contributed by atoms with van der Waals surface area (Å²) in [5.41, 5.74) is 0.542. The van der Waals surface area contributed by atoms with Crippen molar-refractivity contribution in [2.24, 2.45) is 11.8 Å². The number of benzene rings is 1. The second kappa shape index (κ2) is 11.3. The number of carbonyl (C=O) groups is 1. The van der Waals surface area contributed by atoms with Crippen molar-refractivity contribution in [3.05, 3.63) is 36.4 Å². The Hall–Kier alpha value is -3.14. The Bertz CT molecular complexity index is 1040. The molecule has 1 N–H and O–H groups in total. The van der Waals surface area contributed by atoms with E-state index < -0.39 is 5.97 Å². The number of ether oxygens (including phenoxy) is 3. The van der Waals surface area contributed by atoms with Gasteiger partial charge in [-0.05, 0) is 19.1 Å². The summed E-state index contributed by atoms with van der Waals surface area (Å²) in [6, 6.07) is 4.62. The topological polar surface area (TPSA) is 97.2 Å². The molecular weight excluding hydrogens is 467 g/mol. The van der Waals surface area contributed by atoms with Gasteiger partial charge in [0.15, 0.2) is 0 Å². The van der Waals surface area contributed by atoms with Crippen LogP contribution in [0.15, 0.2) is 30.6 Å². The fraction of sp³-hybridized carbons (Fsp3) is 0.577. The number of aliphatic carboxylic acids is 1. The molecule has 10 heteroatoms. The molecule has 36 heavy (non-hydrogen) atoms. The average Bonchev–Trinajstić information content (AvgIpc) is 3.17. The molecule has 0 radical (unpaired) electrons. The van der Waals surface area contributed by atoms with Crippen LogP contribution in [0.4, 0.5) is 15.9 Å². The van der Waals surface area contributed by atoms with Gasteiger partial charge >= 0.3 is 5.97 Å². The number of halogens is 1. The minimum absolute atomic E-state index is 0.00508. The van der Waals surface area contributed by atoms with Crippen molar-refractivity contribution in [3.8, 4) is 11.6 Å². The molecule has 5 atom stereocenters. The number of anilines is 2. The van der Waals surface area contributed by atoms with Crippen molar-refractivity contribution in [3.63, 3.8) is 0 Å². The second-order valence-electron chi connectivity index (χ2n) is 9.58. The molecule has 2 saturated heterocycles. The first kappa shape index (κ1) is 25.9. The first-order valence-electron chi connectivity index (χ1n) is 12.5. The van der Waals surface area contributed by atoms with Crippen LogP contribution in [0, 0.1) is 17.7 Å². The van der Waals surface area contributed by atoms with Crippen LogP contribution in [0.5, 0.6) is 11.6 Å². The van der Waals surface area contributed by atoms with E-state index in [4.69, 9.17) is 14.2 Å². The minimum atomic E-state index is -0.855. The summed E-state index contributed by atoms with van der Waals surface area (Å²) in [6.07, 6.45) is 3.78. The van der Waals surface area contributed by atoms with Crippen molar-refractivity contribution in [1.82, 2.24) is 9.97 Å². The van der Waals surface area contributed by atoms with Gasteiger partial charge in [0.1, 0.15) is 23.5 Å². The highest BCUT2D eigenvalue weighted by Crippen LogP contribution is 2.33. The number of piperidine rings is 1. The fourth-order valence-electron chi connectivity index (χ4n) is 5.24. The van der Waals surface area contributed by atoms with Crippen LogP contribution in [0.2, 0.25) is 0 Å². The summed E-state index contributed by atoms with van der Waals surface area (Å²) in [4.78, 5) is 24.4. The fourth-order valence-corrected chi connectivity index (χ4v) is 5.24. The molecule has 9 nitrogen and oxygen atoms in total. The number of hydrogen-bond acceptors (Lipinski definition) is 8. The van der Waals surface area contributed by atoms with E-state index in [0.717, 1.165) is 0 Å². The monoisotopic (exact) mass is 502 g/mol. The lowest BCUT2D eigenvalue weighted by Crippen LogP contribution is -2.44. The van der Waals surface area contributed by atoms with Crippen LogP contribution in [-0.2, 0) is 9.53 Å². The van der Waals surface area contributed by atoms with Gasteiger partial charge in [-0.1, -0.05) is 13.8 Å². The molecule has 1 unspecified atom stereocenters. The molecule has 0 spiro atoms. The van der Waals surface area contributed by atoms with Gasteiger partial charge in [-0.25, -0.2) is 14.4 Å². The van der Waals surface area contributed by atoms with Crippen molar-refractivity contribution < 1.29 is 28.5 Å². The lowest BCUT2D eigenvalue weighted by atomic mass is 9.96. The third-order valence-corrected chi connectivity index (χ3v) is 7.23. The summed E-state index contributed by atoms with van der Waals surface area (Å²) < 4.78 is 31.8. The van der Waals surface area contributed by atoms with E-state index in [9.17, 15) is 14.3 Å². The second-order valence-corrected chi connectivity index (χ2v) is 9.58. The number of rotatable bonds is 9. The smallest absolute Gasteiger partial charge is 0.305 e. The third-order valence-electron chi connectivity index (χ3n) is 7.23. The molecule has 2 fully saturated rings. The zero-order chi connectivity index (χ0) is 25.8. The molecule has 0 aliphatic carbocycles. The van der Waals surface area contributed by atoms with Gasteiger partial charge in [-0.2, -0.15) is 0 Å². The molecule has 0 saturated carbocycles. The molecule has 2 aliphatic heterocycles. The van der Waals surface area contributed by atoms with Crippen LogP contribution in [0.25, 0.3) is 0 Å². The molecule has 2 aliphatic rings. The lowest BCUT2D eigenvalue weighted by molar-refractivity contribution is -0.137. The Morgan fingerprint density at radius 2 is 2.00 bits per heavy atom. The SMILES string of the molecule is CCOc1ccc(F)c(N2CC[C@@H](Oc3cnc(N4CC(OC)[C@@H](C)[C@@H]4CC(=O)O)cn3)[C@H](C)C2)c1. The van der Waals surface area contributed by atoms with Crippen LogP contribution in [-0.4, -0.2) is 72.6 Å². The molecule has 3 heterocycles. The van der Waals surface area contributed by atoms with Crippen molar-refractivity contribution >= 4 is 17.5 Å². The van der Waals surface area contributed by atoms with E-state index >= 15 is 0 Å². The highest BCUT2D eigenvalue weighted by Gasteiger charge is 2.41. The normalized spacial score (nSPS) is 26.2. The molecular formula is C26H35FN4O5. The molecule has 0 amide bonds. The standard InChI is InChI=1S/C26H35FN4O5/c1-5-35-18-6-7-19(27)21(10-18)30-9-8-22(16(2)14-30)36-25-13-28-24(12-29-25)31-15-23(34-4)17(3)20(31)11-26(32)33/h6-7,10,12-13,16-17,20,22-23H,5,8-9,11,14-15H2,1-4H3,(H,32,33)/t16-,17+,20+,22-,23?/m1/s1. The van der Waals surface area contributed by atoms with Gasteiger partial charge in [-0.3, -0.25) is 4.79 Å². The lowest BCUT2D eigenvalue weighted by Gasteiger charge is -2.38. The summed E-state index contributed by atoms with van der Waals surface area (Å²) >= 11 is 0. The van der Waals surface area contributed by atoms with E-state index in [2.05, 4.69) is 16.9 Å². The molecule has 2 aromatic rings. The summed E-state index contributed by atoms with van der Waals surface area (Å²) in [5.74, 6) is 0.744. The number of carboxylic acids is 1. The van der Waals surface area contributed by atoms with Gasteiger partial charge in [-0.15, -0.1) is 0 Å². The first-order valence-corrected chi connectivity index (χ1v) is 12.5. The maximum atomic E-state index is 14.5. The van der Waals surface area contributed by atoms with Crippen LogP contribution in [0.3, 0.4) is 0 Å². The summed E-state index contributed by atoms with van der Waals surface area (Å²) in [7, 11) is 1.64. The van der Waals surface area contributed by atoms with Gasteiger partial charge in [0, 0.05) is 57.1 Å². The Kier molecular flexibility index (Phi) is 8.13. The van der Waals surface area contributed by atoms with Crippen LogP contribution in [0.1, 0.15) is 33.6 Å². The zero-order valence-corrected chi connectivity index (χ0v) is 21.3. The average molecular weight is 503 g/mol. The zero-order valence-electron chi connectivity index (χ0n) is 21.3. The van der Waals surface area contributed by atoms with Crippen molar-refractivity contribution in [2.75, 3.05) is 43.2 Å². The molecule has 4 rings (SSSR count). The summed E-state index contributed by atoms with van der Waals surface area (Å²) in [6.45, 7) is 8.36. The highest BCUT2D eigenvalue weighted by molar-refractivity contribution is 5.68. The van der Waals surface area contributed by atoms with E-state index in [-0.39, 0.29) is 42.3 Å². The van der Waals surface area contributed by atoms with Crippen molar-refractivity contribution in [2.45, 2.75) is 51.9 Å². The number of carboxylic acid groups (broad SMARTS) is 1. The van der Waals surface area contributed by atoms with E-state index in [1.807, 2.05) is 23.6 Å². The Morgan fingerprint density at radius 3 is 2.64 bits per heavy atom. The number of nitrogens with zero attached hydrogens (tertiary/aromatic N) is 4. The maximum Gasteiger partial charge on any atom is 0.305 e. The van der Waals surface area contributed by atoms with E-state index in [1.54, 1.807) is 31.6 Å². The van der Waals surface area contributed by atoms with E-state index in [0.29, 0.717) is 55.8 Å². The first-order chi connectivity index (χ1) is 17.3. The Morgan fingerprint density at radius 1 is 1.19 bits per heavy atom. The number of hydrogen-bond donors (Lipinski definition) is 1. The third kappa shape index (κ3) is 5.64. The van der Waals surface area contributed by atoms with Gasteiger partial charge < -0.3 is 29.1 Å². The predicted octanol–water partition coefficient (Wildman–Crippen LogP) is 3.62. The molecule has 0 bridgehead atoms. The summed E-state index contributed by atoms with van der Waals surface area (Å²) in [5, 5.41) is 9.36. The quantitative estimate of drug-likeness (QED) is 0.551. The molecule has 196 valence electrons. The number of aromatic nitrogens is 2. The Balaban J connectivity index is 1.39.